The molecule has 2 amide bonds. The van der Waals surface area contributed by atoms with Crippen LogP contribution in [0.25, 0.3) is 0 Å². The molecule has 0 saturated heterocycles. The Morgan fingerprint density at radius 3 is 2.21 bits per heavy atom. The minimum absolute atomic E-state index is 0.0256. The van der Waals surface area contributed by atoms with Gasteiger partial charge in [0.15, 0.2) is 0 Å². The van der Waals surface area contributed by atoms with E-state index in [4.69, 9.17) is 0 Å². The first-order chi connectivity index (χ1) is 13.8. The first-order valence-electron chi connectivity index (χ1n) is 10.5. The lowest BCUT2D eigenvalue weighted by atomic mass is 10.0. The minimum Gasteiger partial charge on any atom is -0.352 e. The Kier molecular flexibility index (Phi) is 8.44. The maximum absolute atomic E-state index is 13.3. The van der Waals surface area contributed by atoms with E-state index in [9.17, 15) is 9.59 Å². The largest absolute Gasteiger partial charge is 0.352 e. The van der Waals surface area contributed by atoms with Crippen molar-refractivity contribution in [1.29, 1.82) is 0 Å². The predicted octanol–water partition coefficient (Wildman–Crippen LogP) is 4.57. The molecule has 0 aliphatic heterocycles. The number of nitrogens with one attached hydrogen (secondary N) is 1. The molecular weight excluding hydrogens is 360 g/mol. The van der Waals surface area contributed by atoms with Crippen LogP contribution in [-0.2, 0) is 22.6 Å². The Morgan fingerprint density at radius 2 is 1.62 bits per heavy atom. The van der Waals surface area contributed by atoms with Crippen LogP contribution in [0.3, 0.4) is 0 Å². The molecule has 0 heterocycles. The molecule has 29 heavy (non-hydrogen) atoms. The molecule has 0 bridgehead atoms. The molecule has 2 aromatic carbocycles. The molecule has 2 aromatic rings. The van der Waals surface area contributed by atoms with Gasteiger partial charge in [0.2, 0.25) is 11.8 Å². The lowest BCUT2D eigenvalue weighted by Gasteiger charge is -2.31. The Labute approximate surface area is 175 Å². The first kappa shape index (κ1) is 22.7. The molecule has 1 N–H and O–H groups in total. The molecule has 4 heteroatoms. The van der Waals surface area contributed by atoms with E-state index in [1.807, 2.05) is 83.1 Å². The van der Waals surface area contributed by atoms with Crippen LogP contribution in [0.15, 0.2) is 48.5 Å². The maximum atomic E-state index is 13.3. The van der Waals surface area contributed by atoms with Crippen LogP contribution in [0.1, 0.15) is 55.9 Å². The molecule has 0 radical (unpaired) electrons. The van der Waals surface area contributed by atoms with Crippen molar-refractivity contribution < 1.29 is 9.59 Å². The summed E-state index contributed by atoms with van der Waals surface area (Å²) in [6, 6.07) is 15.7. The van der Waals surface area contributed by atoms with Gasteiger partial charge in [-0.1, -0.05) is 73.5 Å². The number of hydrogen-bond acceptors (Lipinski definition) is 2. The highest BCUT2D eigenvalue weighted by Crippen LogP contribution is 2.16. The van der Waals surface area contributed by atoms with Crippen LogP contribution in [0.2, 0.25) is 0 Å². The number of carbonyl (C=O) groups excluding carboxylic acids is 2. The highest BCUT2D eigenvalue weighted by molar-refractivity contribution is 5.88. The summed E-state index contributed by atoms with van der Waals surface area (Å²) in [7, 11) is 0. The van der Waals surface area contributed by atoms with Crippen molar-refractivity contribution in [3.8, 4) is 0 Å². The highest BCUT2D eigenvalue weighted by atomic mass is 16.2. The molecule has 0 aromatic heterocycles. The molecule has 0 saturated carbocycles. The predicted molar refractivity (Wildman–Crippen MR) is 119 cm³/mol. The molecule has 2 rings (SSSR count). The summed E-state index contributed by atoms with van der Waals surface area (Å²) in [5.74, 6) is -0.103. The van der Waals surface area contributed by atoms with Crippen LogP contribution in [0.4, 0.5) is 0 Å². The summed E-state index contributed by atoms with van der Waals surface area (Å²) in [6.45, 7) is 10.5. The normalized spacial score (nSPS) is 12.9. The Hall–Kier alpha value is -2.62. The SMILES string of the molecule is CC[C@@H](C)NC(=O)[C@H](CC)N(Cc1ccc(C)cc1)C(=O)Cc1cccc(C)c1. The van der Waals surface area contributed by atoms with Crippen LogP contribution >= 0.6 is 0 Å². The zero-order valence-corrected chi connectivity index (χ0v) is 18.4. The van der Waals surface area contributed by atoms with Crippen LogP contribution in [0.5, 0.6) is 0 Å². The van der Waals surface area contributed by atoms with E-state index in [-0.39, 0.29) is 17.9 Å². The van der Waals surface area contributed by atoms with Gasteiger partial charge in [-0.3, -0.25) is 9.59 Å². The van der Waals surface area contributed by atoms with Gasteiger partial charge in [0.1, 0.15) is 6.04 Å². The van der Waals surface area contributed by atoms with Crippen LogP contribution in [-0.4, -0.2) is 28.8 Å². The number of benzene rings is 2. The van der Waals surface area contributed by atoms with Crippen molar-refractivity contribution in [2.24, 2.45) is 0 Å². The first-order valence-corrected chi connectivity index (χ1v) is 10.5. The van der Waals surface area contributed by atoms with Gasteiger partial charge in [0.25, 0.3) is 0 Å². The number of aryl methyl sites for hydroxylation is 2. The second kappa shape index (κ2) is 10.8. The molecule has 0 fully saturated rings. The third-order valence-electron chi connectivity index (χ3n) is 5.30. The Balaban J connectivity index is 2.28. The molecule has 2 atom stereocenters. The molecule has 4 nitrogen and oxygen atoms in total. The summed E-state index contributed by atoms with van der Waals surface area (Å²) in [5, 5.41) is 3.05. The van der Waals surface area contributed by atoms with Crippen molar-refractivity contribution >= 4 is 11.8 Å². The van der Waals surface area contributed by atoms with Gasteiger partial charge in [-0.25, -0.2) is 0 Å². The lowest BCUT2D eigenvalue weighted by Crippen LogP contribution is -2.51. The molecule has 156 valence electrons. The summed E-state index contributed by atoms with van der Waals surface area (Å²) in [5.41, 5.74) is 4.30. The fraction of sp³-hybridized carbons (Fsp3) is 0.440. The van der Waals surface area contributed by atoms with Gasteiger partial charge >= 0.3 is 0 Å². The summed E-state index contributed by atoms with van der Waals surface area (Å²) >= 11 is 0. The zero-order chi connectivity index (χ0) is 21.4. The van der Waals surface area contributed by atoms with Gasteiger partial charge in [-0.05, 0) is 44.7 Å². The van der Waals surface area contributed by atoms with E-state index >= 15 is 0 Å². The summed E-state index contributed by atoms with van der Waals surface area (Å²) < 4.78 is 0. The van der Waals surface area contributed by atoms with Gasteiger partial charge in [0, 0.05) is 12.6 Å². The van der Waals surface area contributed by atoms with Crippen molar-refractivity contribution in [3.63, 3.8) is 0 Å². The van der Waals surface area contributed by atoms with E-state index in [0.29, 0.717) is 19.4 Å². The zero-order valence-electron chi connectivity index (χ0n) is 18.4. The van der Waals surface area contributed by atoms with E-state index in [0.717, 1.165) is 23.1 Å². The average Bonchev–Trinajstić information content (AvgIpc) is 2.69. The minimum atomic E-state index is -0.484. The van der Waals surface area contributed by atoms with E-state index in [1.54, 1.807) is 4.90 Å². The second-order valence-electron chi connectivity index (χ2n) is 7.91. The van der Waals surface area contributed by atoms with E-state index < -0.39 is 6.04 Å². The van der Waals surface area contributed by atoms with Crippen molar-refractivity contribution in [1.82, 2.24) is 10.2 Å². The third kappa shape index (κ3) is 6.74. The smallest absolute Gasteiger partial charge is 0.243 e. The van der Waals surface area contributed by atoms with Crippen LogP contribution in [0, 0.1) is 13.8 Å². The lowest BCUT2D eigenvalue weighted by molar-refractivity contribution is -0.141. The van der Waals surface area contributed by atoms with Gasteiger partial charge < -0.3 is 10.2 Å². The number of carbonyl (C=O) groups is 2. The van der Waals surface area contributed by atoms with E-state index in [2.05, 4.69) is 5.32 Å². The summed E-state index contributed by atoms with van der Waals surface area (Å²) in [4.78, 5) is 28.0. The quantitative estimate of drug-likeness (QED) is 0.677. The number of rotatable bonds is 9. The Bertz CT molecular complexity index is 814. The molecule has 0 aliphatic rings. The van der Waals surface area contributed by atoms with Gasteiger partial charge in [0.05, 0.1) is 6.42 Å². The molecule has 0 unspecified atom stereocenters. The number of nitrogens with zero attached hydrogens (tertiary/aromatic N) is 1. The van der Waals surface area contributed by atoms with Crippen LogP contribution < -0.4 is 5.32 Å². The maximum Gasteiger partial charge on any atom is 0.243 e. The van der Waals surface area contributed by atoms with E-state index in [1.165, 1.54) is 5.56 Å². The number of hydrogen-bond donors (Lipinski definition) is 1. The monoisotopic (exact) mass is 394 g/mol. The molecule has 0 spiro atoms. The highest BCUT2D eigenvalue weighted by Gasteiger charge is 2.29. The Morgan fingerprint density at radius 1 is 0.931 bits per heavy atom. The van der Waals surface area contributed by atoms with Gasteiger partial charge in [-0.15, -0.1) is 0 Å². The van der Waals surface area contributed by atoms with Gasteiger partial charge in [-0.2, -0.15) is 0 Å². The van der Waals surface area contributed by atoms with Crippen molar-refractivity contribution in [2.45, 2.75) is 72.5 Å². The average molecular weight is 395 g/mol. The van der Waals surface area contributed by atoms with Crippen molar-refractivity contribution in [2.75, 3.05) is 0 Å². The third-order valence-corrected chi connectivity index (χ3v) is 5.30. The molecule has 0 aliphatic carbocycles. The fourth-order valence-electron chi connectivity index (χ4n) is 3.35. The molecular formula is C25H34N2O2. The summed E-state index contributed by atoms with van der Waals surface area (Å²) in [6.07, 6.45) is 1.73. The number of amides is 2. The standard InChI is InChI=1S/C25H34N2O2/c1-6-20(5)26-25(29)23(7-2)27(17-21-13-11-18(3)12-14-21)24(28)16-22-10-8-9-19(4)15-22/h8-15,20,23H,6-7,16-17H2,1-5H3,(H,26,29)/t20-,23+/m1/s1. The topological polar surface area (TPSA) is 49.4 Å². The second-order valence-corrected chi connectivity index (χ2v) is 7.91. The van der Waals surface area contributed by atoms with Crippen molar-refractivity contribution in [3.05, 3.63) is 70.8 Å². The fourth-order valence-corrected chi connectivity index (χ4v) is 3.35.